The first-order chi connectivity index (χ1) is 19.8. The standard InChI is InChI=1S/C38H69O2/c1-4-7-10-12-14-16-18-20-22-24-26-28-31-39-37-33-36(30-9-6-3)34-38(35-37)40-32-29-27-25-23-21-19-17-15-13-11-8-5-2/h33-35H,3-32H2,1-2H3. The highest BCUT2D eigenvalue weighted by Crippen LogP contribution is 2.25. The fourth-order valence-corrected chi connectivity index (χ4v) is 5.54. The van der Waals surface area contributed by atoms with Crippen LogP contribution in [-0.4, -0.2) is 13.2 Å². The van der Waals surface area contributed by atoms with Crippen LogP contribution in [0.4, 0.5) is 0 Å². The molecule has 1 radical (unpaired) electrons. The highest BCUT2D eigenvalue weighted by atomic mass is 16.5. The SMILES string of the molecule is [CH2]CCCc1cc(OCCCCCCCCCCCCCC)cc(OCCCCCCCCCCCCCC)c1. The summed E-state index contributed by atoms with van der Waals surface area (Å²) >= 11 is 0. The third-order valence-corrected chi connectivity index (χ3v) is 8.19. The summed E-state index contributed by atoms with van der Waals surface area (Å²) in [7, 11) is 0. The second-order valence-corrected chi connectivity index (χ2v) is 12.2. The molecule has 233 valence electrons. The Bertz CT molecular complexity index is 592. The topological polar surface area (TPSA) is 18.5 Å². The highest BCUT2D eigenvalue weighted by Gasteiger charge is 2.05. The lowest BCUT2D eigenvalue weighted by atomic mass is 10.1. The van der Waals surface area contributed by atoms with Crippen LogP contribution >= 0.6 is 0 Å². The molecule has 0 saturated carbocycles. The number of hydrogen-bond acceptors (Lipinski definition) is 2. The molecule has 1 aromatic carbocycles. The molecule has 0 N–H and O–H groups in total. The minimum atomic E-state index is 0.814. The monoisotopic (exact) mass is 558 g/mol. The van der Waals surface area contributed by atoms with Crippen LogP contribution in [0.5, 0.6) is 11.5 Å². The second-order valence-electron chi connectivity index (χ2n) is 12.2. The molecule has 0 spiro atoms. The lowest BCUT2D eigenvalue weighted by Gasteiger charge is -2.13. The average molecular weight is 558 g/mol. The zero-order valence-electron chi connectivity index (χ0n) is 27.3. The van der Waals surface area contributed by atoms with E-state index in [-0.39, 0.29) is 0 Å². The van der Waals surface area contributed by atoms with Gasteiger partial charge in [-0.15, -0.1) is 0 Å². The van der Waals surface area contributed by atoms with Gasteiger partial charge in [-0.3, -0.25) is 0 Å². The maximum Gasteiger partial charge on any atom is 0.123 e. The Kier molecular flexibility index (Phi) is 27.0. The van der Waals surface area contributed by atoms with Crippen molar-refractivity contribution < 1.29 is 9.47 Å². The number of aryl methyl sites for hydroxylation is 1. The molecule has 0 unspecified atom stereocenters. The molecule has 0 aliphatic heterocycles. The van der Waals surface area contributed by atoms with Gasteiger partial charge in [0.1, 0.15) is 11.5 Å². The van der Waals surface area contributed by atoms with Crippen LogP contribution < -0.4 is 9.47 Å². The predicted molar refractivity (Wildman–Crippen MR) is 178 cm³/mol. The maximum absolute atomic E-state index is 6.18. The van der Waals surface area contributed by atoms with Crippen LogP contribution in [0.1, 0.15) is 186 Å². The number of rotatable bonds is 31. The Morgan fingerprint density at radius 3 is 1.07 bits per heavy atom. The van der Waals surface area contributed by atoms with Crippen molar-refractivity contribution in [1.29, 1.82) is 0 Å². The van der Waals surface area contributed by atoms with Crippen LogP contribution in [0.2, 0.25) is 0 Å². The highest BCUT2D eigenvalue weighted by molar-refractivity contribution is 5.38. The van der Waals surface area contributed by atoms with Crippen molar-refractivity contribution in [3.63, 3.8) is 0 Å². The van der Waals surface area contributed by atoms with Gasteiger partial charge in [0.05, 0.1) is 13.2 Å². The zero-order chi connectivity index (χ0) is 28.8. The summed E-state index contributed by atoms with van der Waals surface area (Å²) < 4.78 is 12.4. The largest absolute Gasteiger partial charge is 0.493 e. The van der Waals surface area contributed by atoms with Gasteiger partial charge in [0.2, 0.25) is 0 Å². The fraction of sp³-hybridized carbons (Fsp3) is 0.816. The summed E-state index contributed by atoms with van der Waals surface area (Å²) in [4.78, 5) is 0. The quantitative estimate of drug-likeness (QED) is 0.0845. The van der Waals surface area contributed by atoms with E-state index in [4.69, 9.17) is 9.47 Å². The van der Waals surface area contributed by atoms with Gasteiger partial charge < -0.3 is 9.47 Å². The van der Waals surface area contributed by atoms with Gasteiger partial charge in [0.15, 0.2) is 0 Å². The number of ether oxygens (including phenoxy) is 2. The van der Waals surface area contributed by atoms with Gasteiger partial charge in [-0.05, 0) is 43.4 Å². The number of hydrogen-bond donors (Lipinski definition) is 0. The molecule has 2 heteroatoms. The lowest BCUT2D eigenvalue weighted by Crippen LogP contribution is -2.01. The van der Waals surface area contributed by atoms with Gasteiger partial charge in [-0.2, -0.15) is 0 Å². The maximum atomic E-state index is 6.18. The van der Waals surface area contributed by atoms with Crippen molar-refractivity contribution in [1.82, 2.24) is 0 Å². The molecule has 0 saturated heterocycles. The molecule has 0 heterocycles. The number of unbranched alkanes of at least 4 members (excludes halogenated alkanes) is 23. The zero-order valence-corrected chi connectivity index (χ0v) is 27.3. The lowest BCUT2D eigenvalue weighted by molar-refractivity contribution is 0.289. The Labute approximate surface area is 251 Å². The van der Waals surface area contributed by atoms with Gasteiger partial charge in [0, 0.05) is 6.07 Å². The smallest absolute Gasteiger partial charge is 0.123 e. The minimum absolute atomic E-state index is 0.814. The molecule has 1 aromatic rings. The molecule has 0 aliphatic carbocycles. The molecule has 0 aliphatic rings. The van der Waals surface area contributed by atoms with Crippen molar-refractivity contribution in [3.8, 4) is 11.5 Å². The van der Waals surface area contributed by atoms with E-state index >= 15 is 0 Å². The molecule has 1 rings (SSSR count). The molecule has 0 aromatic heterocycles. The van der Waals surface area contributed by atoms with Gasteiger partial charge in [-0.1, -0.05) is 168 Å². The Morgan fingerprint density at radius 2 is 0.750 bits per heavy atom. The van der Waals surface area contributed by atoms with E-state index in [0.29, 0.717) is 0 Å². The molecule has 0 fully saturated rings. The average Bonchev–Trinajstić information content (AvgIpc) is 2.96. The van der Waals surface area contributed by atoms with Crippen LogP contribution in [-0.2, 0) is 6.42 Å². The Morgan fingerprint density at radius 1 is 0.425 bits per heavy atom. The van der Waals surface area contributed by atoms with E-state index < -0.39 is 0 Å². The Balaban J connectivity index is 2.14. The number of benzene rings is 1. The third kappa shape index (κ3) is 23.5. The van der Waals surface area contributed by atoms with Crippen LogP contribution in [0, 0.1) is 6.92 Å². The van der Waals surface area contributed by atoms with Gasteiger partial charge in [0.25, 0.3) is 0 Å². The summed E-state index contributed by atoms with van der Waals surface area (Å²) in [5.74, 6) is 1.96. The first-order valence-electron chi connectivity index (χ1n) is 18.0. The second kappa shape index (κ2) is 29.3. The van der Waals surface area contributed by atoms with E-state index in [9.17, 15) is 0 Å². The molecule has 40 heavy (non-hydrogen) atoms. The molecular formula is C38H69O2. The van der Waals surface area contributed by atoms with Crippen molar-refractivity contribution >= 4 is 0 Å². The van der Waals surface area contributed by atoms with E-state index in [2.05, 4.69) is 39.0 Å². The van der Waals surface area contributed by atoms with E-state index in [0.717, 1.165) is 56.8 Å². The molecular weight excluding hydrogens is 488 g/mol. The van der Waals surface area contributed by atoms with Crippen molar-refractivity contribution in [2.24, 2.45) is 0 Å². The van der Waals surface area contributed by atoms with Crippen LogP contribution in [0.15, 0.2) is 18.2 Å². The first kappa shape index (κ1) is 36.8. The summed E-state index contributed by atoms with van der Waals surface area (Å²) in [5.41, 5.74) is 1.32. The van der Waals surface area contributed by atoms with E-state index in [1.54, 1.807) is 0 Å². The summed E-state index contributed by atoms with van der Waals surface area (Å²) in [5, 5.41) is 0. The predicted octanol–water partition coefficient (Wildman–Crippen LogP) is 13.0. The van der Waals surface area contributed by atoms with E-state index in [1.807, 2.05) is 0 Å². The molecule has 0 amide bonds. The molecule has 2 nitrogen and oxygen atoms in total. The van der Waals surface area contributed by atoms with Crippen molar-refractivity contribution in [2.45, 2.75) is 187 Å². The van der Waals surface area contributed by atoms with Crippen molar-refractivity contribution in [2.75, 3.05) is 13.2 Å². The van der Waals surface area contributed by atoms with E-state index in [1.165, 1.54) is 147 Å². The van der Waals surface area contributed by atoms with Crippen LogP contribution in [0.25, 0.3) is 0 Å². The summed E-state index contributed by atoms with van der Waals surface area (Å²) in [6.45, 7) is 10.2. The molecule has 0 atom stereocenters. The summed E-state index contributed by atoms with van der Waals surface area (Å²) in [6.07, 6.45) is 36.1. The fourth-order valence-electron chi connectivity index (χ4n) is 5.54. The summed E-state index contributed by atoms with van der Waals surface area (Å²) in [6, 6.07) is 6.54. The van der Waals surface area contributed by atoms with Crippen LogP contribution in [0.3, 0.4) is 0 Å². The third-order valence-electron chi connectivity index (χ3n) is 8.19. The first-order valence-corrected chi connectivity index (χ1v) is 18.0. The normalized spacial score (nSPS) is 11.3. The van der Waals surface area contributed by atoms with Gasteiger partial charge >= 0.3 is 0 Å². The Hall–Kier alpha value is -1.18. The van der Waals surface area contributed by atoms with Gasteiger partial charge in [-0.25, -0.2) is 0 Å². The van der Waals surface area contributed by atoms with Crippen molar-refractivity contribution in [3.05, 3.63) is 30.7 Å². The minimum Gasteiger partial charge on any atom is -0.493 e. The molecule has 0 bridgehead atoms.